The van der Waals surface area contributed by atoms with Gasteiger partial charge in [0.15, 0.2) is 5.82 Å². The van der Waals surface area contributed by atoms with Gasteiger partial charge in [-0.15, -0.1) is 11.8 Å². The fourth-order valence-electron chi connectivity index (χ4n) is 1.62. The topological polar surface area (TPSA) is 55.2 Å². The van der Waals surface area contributed by atoms with Crippen molar-refractivity contribution < 1.29 is 9.84 Å². The van der Waals surface area contributed by atoms with Crippen LogP contribution in [-0.4, -0.2) is 28.3 Å². The predicted octanol–water partition coefficient (Wildman–Crippen LogP) is 3.99. The zero-order valence-corrected chi connectivity index (χ0v) is 15.5. The molecule has 0 saturated carbocycles. The first-order chi connectivity index (χ1) is 12.1. The molecule has 1 aromatic carbocycles. The van der Waals surface area contributed by atoms with E-state index in [0.717, 1.165) is 0 Å². The molecule has 0 saturated heterocycles. The van der Waals surface area contributed by atoms with Gasteiger partial charge >= 0.3 is 0 Å². The molecule has 0 aliphatic carbocycles. The molecule has 2 aromatic rings. The molecule has 2 rings (SSSR count). The maximum absolute atomic E-state index is 9.11. The molecule has 0 aliphatic heterocycles. The third kappa shape index (κ3) is 7.56. The molecule has 1 aromatic heterocycles. The van der Waals surface area contributed by atoms with Crippen molar-refractivity contribution in [3.63, 3.8) is 0 Å². The van der Waals surface area contributed by atoms with Crippen molar-refractivity contribution in [1.82, 2.24) is 9.97 Å². The first-order valence-electron chi connectivity index (χ1n) is 7.37. The van der Waals surface area contributed by atoms with Crippen LogP contribution in [0, 0.1) is 23.7 Å². The van der Waals surface area contributed by atoms with E-state index in [4.69, 9.17) is 33.0 Å². The molecule has 0 amide bonds. The molecule has 6 heteroatoms. The zero-order chi connectivity index (χ0) is 18.5. The molecule has 1 heterocycles. The summed E-state index contributed by atoms with van der Waals surface area (Å²) in [6, 6.07) is 5.00. The van der Waals surface area contributed by atoms with Crippen molar-refractivity contribution in [3.05, 3.63) is 46.2 Å². The van der Waals surface area contributed by atoms with Gasteiger partial charge in [0.1, 0.15) is 13.2 Å². The highest BCUT2D eigenvalue weighted by Gasteiger charge is 2.10. The van der Waals surface area contributed by atoms with E-state index in [1.165, 1.54) is 0 Å². The Morgan fingerprint density at radius 1 is 1.00 bits per heavy atom. The van der Waals surface area contributed by atoms with Crippen LogP contribution in [0.3, 0.4) is 0 Å². The van der Waals surface area contributed by atoms with E-state index in [1.54, 1.807) is 44.4 Å². The second-order valence-corrected chi connectivity index (χ2v) is 5.31. The fraction of sp³-hybridized carbons (Fsp3) is 0.263. The summed E-state index contributed by atoms with van der Waals surface area (Å²) in [5.74, 6) is 11.5. The Morgan fingerprint density at radius 2 is 1.60 bits per heavy atom. The molecule has 0 atom stereocenters. The number of nitrogens with zero attached hydrogens (tertiary/aromatic N) is 2. The Hall–Kier alpha value is -2.08. The highest BCUT2D eigenvalue weighted by atomic mass is 35.5. The van der Waals surface area contributed by atoms with Crippen molar-refractivity contribution in [3.8, 4) is 35.1 Å². The SMILES string of the molecule is CC#CCOCC#CC.OCc1cc(-c2ncccn2)c(Cl)cc1Cl. The Labute approximate surface area is 158 Å². The average Bonchev–Trinajstić information content (AvgIpc) is 2.63. The Morgan fingerprint density at radius 3 is 2.12 bits per heavy atom. The smallest absolute Gasteiger partial charge is 0.160 e. The van der Waals surface area contributed by atoms with Gasteiger partial charge in [-0.1, -0.05) is 35.0 Å². The van der Waals surface area contributed by atoms with Crippen molar-refractivity contribution >= 4 is 23.2 Å². The zero-order valence-electron chi connectivity index (χ0n) is 14.0. The van der Waals surface area contributed by atoms with E-state index >= 15 is 0 Å². The minimum Gasteiger partial charge on any atom is -0.392 e. The van der Waals surface area contributed by atoms with Gasteiger partial charge in [-0.25, -0.2) is 9.97 Å². The summed E-state index contributed by atoms with van der Waals surface area (Å²) in [4.78, 5) is 8.19. The number of hydrogen-bond acceptors (Lipinski definition) is 4. The quantitative estimate of drug-likeness (QED) is 0.647. The van der Waals surface area contributed by atoms with Crippen LogP contribution in [0.5, 0.6) is 0 Å². The molecule has 0 aliphatic rings. The lowest BCUT2D eigenvalue weighted by Gasteiger charge is -2.06. The number of ether oxygens (including phenoxy) is 1. The predicted molar refractivity (Wildman–Crippen MR) is 101 cm³/mol. The maximum atomic E-state index is 9.11. The second kappa shape index (κ2) is 12.3. The van der Waals surface area contributed by atoms with E-state index in [2.05, 4.69) is 33.6 Å². The number of aromatic nitrogens is 2. The maximum Gasteiger partial charge on any atom is 0.160 e. The summed E-state index contributed by atoms with van der Waals surface area (Å²) in [6.45, 7) is 4.41. The van der Waals surface area contributed by atoms with Crippen molar-refractivity contribution in [2.75, 3.05) is 13.2 Å². The van der Waals surface area contributed by atoms with Gasteiger partial charge in [-0.3, -0.25) is 0 Å². The lowest BCUT2D eigenvalue weighted by atomic mass is 10.1. The Bertz CT molecular complexity index is 768. The molecular formula is C19H18Cl2N2O2. The van der Waals surface area contributed by atoms with E-state index in [1.807, 2.05) is 0 Å². The molecule has 130 valence electrons. The van der Waals surface area contributed by atoms with E-state index < -0.39 is 0 Å². The van der Waals surface area contributed by atoms with Crippen LogP contribution >= 0.6 is 23.2 Å². The first kappa shape index (κ1) is 21.0. The number of aliphatic hydroxyl groups is 1. The normalized spacial score (nSPS) is 9.00. The van der Waals surface area contributed by atoms with Gasteiger partial charge in [0, 0.05) is 23.0 Å². The highest BCUT2D eigenvalue weighted by molar-refractivity contribution is 6.36. The number of halogens is 2. The number of hydrogen-bond donors (Lipinski definition) is 1. The molecule has 0 fully saturated rings. The molecule has 0 bridgehead atoms. The highest BCUT2D eigenvalue weighted by Crippen LogP contribution is 2.30. The number of rotatable bonds is 4. The Kier molecular flexibility index (Phi) is 10.3. The van der Waals surface area contributed by atoms with E-state index in [0.29, 0.717) is 40.2 Å². The largest absolute Gasteiger partial charge is 0.392 e. The second-order valence-electron chi connectivity index (χ2n) is 4.50. The van der Waals surface area contributed by atoms with Gasteiger partial charge in [0.25, 0.3) is 0 Å². The van der Waals surface area contributed by atoms with E-state index in [-0.39, 0.29) is 6.61 Å². The van der Waals surface area contributed by atoms with Crippen molar-refractivity contribution in [1.29, 1.82) is 0 Å². The molecule has 0 radical (unpaired) electrons. The molecule has 0 spiro atoms. The van der Waals surface area contributed by atoms with Crippen molar-refractivity contribution in [2.24, 2.45) is 0 Å². The minimum absolute atomic E-state index is 0.143. The Balaban J connectivity index is 0.000000299. The minimum atomic E-state index is -0.143. The summed E-state index contributed by atoms with van der Waals surface area (Å²) in [7, 11) is 0. The summed E-state index contributed by atoms with van der Waals surface area (Å²) >= 11 is 12.0. The monoisotopic (exact) mass is 376 g/mol. The van der Waals surface area contributed by atoms with Gasteiger partial charge in [0.2, 0.25) is 0 Å². The summed E-state index contributed by atoms with van der Waals surface area (Å²) < 4.78 is 4.97. The van der Waals surface area contributed by atoms with Gasteiger partial charge in [-0.2, -0.15) is 0 Å². The van der Waals surface area contributed by atoms with Crippen LogP contribution in [-0.2, 0) is 11.3 Å². The summed E-state index contributed by atoms with van der Waals surface area (Å²) in [5, 5.41) is 10.0. The third-order valence-corrected chi connectivity index (χ3v) is 3.48. The lowest BCUT2D eigenvalue weighted by Crippen LogP contribution is -1.92. The van der Waals surface area contributed by atoms with Crippen LogP contribution in [0.25, 0.3) is 11.4 Å². The number of aliphatic hydroxyl groups excluding tert-OH is 1. The van der Waals surface area contributed by atoms with Gasteiger partial charge < -0.3 is 9.84 Å². The summed E-state index contributed by atoms with van der Waals surface area (Å²) in [6.07, 6.45) is 3.26. The molecule has 0 unspecified atom stereocenters. The average molecular weight is 377 g/mol. The van der Waals surface area contributed by atoms with Crippen LogP contribution in [0.2, 0.25) is 10.0 Å². The third-order valence-electron chi connectivity index (χ3n) is 2.82. The molecular weight excluding hydrogens is 359 g/mol. The summed E-state index contributed by atoms with van der Waals surface area (Å²) in [5.41, 5.74) is 1.27. The van der Waals surface area contributed by atoms with Crippen LogP contribution in [0.4, 0.5) is 0 Å². The van der Waals surface area contributed by atoms with Crippen LogP contribution in [0.15, 0.2) is 30.6 Å². The molecule has 4 nitrogen and oxygen atoms in total. The molecule has 1 N–H and O–H groups in total. The standard InChI is InChI=1S/C11H8Cl2N2O.C8H10O/c12-9-5-10(13)8(4-7(9)6-16)11-14-2-1-3-15-11;1-3-5-7-9-8-6-4-2/h1-5,16H,6H2;7-8H2,1-2H3. The van der Waals surface area contributed by atoms with E-state index in [9.17, 15) is 0 Å². The van der Waals surface area contributed by atoms with Crippen LogP contribution in [0.1, 0.15) is 19.4 Å². The van der Waals surface area contributed by atoms with Crippen LogP contribution < -0.4 is 0 Å². The number of benzene rings is 1. The lowest BCUT2D eigenvalue weighted by molar-refractivity contribution is 0.204. The fourth-order valence-corrected chi connectivity index (χ4v) is 2.15. The van der Waals surface area contributed by atoms with Gasteiger partial charge in [-0.05, 0) is 37.6 Å². The first-order valence-corrected chi connectivity index (χ1v) is 8.12. The molecule has 25 heavy (non-hydrogen) atoms. The van der Waals surface area contributed by atoms with Crippen molar-refractivity contribution in [2.45, 2.75) is 20.5 Å². The van der Waals surface area contributed by atoms with Gasteiger partial charge in [0.05, 0.1) is 11.6 Å².